The fraction of sp³-hybridized carbons (Fsp3) is 0.161. The molecule has 208 valence electrons. The summed E-state index contributed by atoms with van der Waals surface area (Å²) in [6.07, 6.45) is 5.84. The number of amides is 1. The zero-order valence-electron chi connectivity index (χ0n) is 22.3. The Hall–Kier alpha value is -4.24. The highest BCUT2D eigenvalue weighted by Crippen LogP contribution is 2.23. The lowest BCUT2D eigenvalue weighted by molar-refractivity contribution is 0.102. The molecule has 0 spiro atoms. The number of carbonyl (C=O) groups is 1. The molecule has 5 aromatic rings. The van der Waals surface area contributed by atoms with Crippen molar-refractivity contribution in [1.29, 1.82) is 0 Å². The van der Waals surface area contributed by atoms with E-state index >= 15 is 0 Å². The van der Waals surface area contributed by atoms with Gasteiger partial charge in [-0.05, 0) is 72.5 Å². The number of hydrogen-bond donors (Lipinski definition) is 3. The van der Waals surface area contributed by atoms with Gasteiger partial charge in [-0.2, -0.15) is 4.98 Å². The normalized spacial score (nSPS) is 11.7. The summed E-state index contributed by atoms with van der Waals surface area (Å²) >= 11 is 12.4. The first-order valence-corrected chi connectivity index (χ1v) is 13.8. The summed E-state index contributed by atoms with van der Waals surface area (Å²) in [6, 6.07) is 22.5. The van der Waals surface area contributed by atoms with E-state index in [2.05, 4.69) is 25.6 Å². The minimum absolute atomic E-state index is 0.287. The van der Waals surface area contributed by atoms with Gasteiger partial charge >= 0.3 is 0 Å². The molecule has 0 saturated heterocycles. The van der Waals surface area contributed by atoms with Crippen molar-refractivity contribution in [2.45, 2.75) is 25.9 Å². The lowest BCUT2D eigenvalue weighted by atomic mass is 10.0. The van der Waals surface area contributed by atoms with Crippen LogP contribution in [0.25, 0.3) is 5.82 Å². The predicted octanol–water partition coefficient (Wildman–Crippen LogP) is 6.20. The molecule has 0 fully saturated rings. The fourth-order valence-electron chi connectivity index (χ4n) is 4.32. The lowest BCUT2D eigenvalue weighted by Crippen LogP contribution is -2.17. The van der Waals surface area contributed by atoms with Gasteiger partial charge in [0.05, 0.1) is 16.7 Å². The number of imidazole rings is 1. The van der Waals surface area contributed by atoms with Crippen LogP contribution in [0.2, 0.25) is 10.0 Å². The van der Waals surface area contributed by atoms with Gasteiger partial charge in [0.1, 0.15) is 11.6 Å². The standard InChI is InChI=1S/C31H28Cl2N6O2/c1-20(40)19-36-31-35-12-11-28(38-31)39-14-13-34-29(39)18-22-3-2-4-25(16-22)37-30(41)26-17-23(7-10-27(26)33)15-21-5-8-24(32)9-6-21/h2-14,16-17,20,40H,15,18-19H2,1H3,(H,37,41)(H,35,36,38)/t20-/m0/s1. The Balaban J connectivity index is 1.29. The Morgan fingerprint density at radius 3 is 2.51 bits per heavy atom. The highest BCUT2D eigenvalue weighted by Gasteiger charge is 2.14. The first kappa shape index (κ1) is 28.3. The summed E-state index contributed by atoms with van der Waals surface area (Å²) in [5.41, 5.74) is 4.07. The van der Waals surface area contributed by atoms with Crippen molar-refractivity contribution < 1.29 is 9.90 Å². The number of aliphatic hydroxyl groups is 1. The van der Waals surface area contributed by atoms with Crippen LogP contribution in [0.3, 0.4) is 0 Å². The minimum atomic E-state index is -0.520. The average molecular weight is 588 g/mol. The zero-order chi connectivity index (χ0) is 28.8. The van der Waals surface area contributed by atoms with Gasteiger partial charge in [-0.25, -0.2) is 9.97 Å². The molecule has 0 saturated carbocycles. The number of anilines is 2. The number of nitrogens with one attached hydrogen (secondary N) is 2. The Kier molecular flexibility index (Phi) is 8.94. The van der Waals surface area contributed by atoms with E-state index in [4.69, 9.17) is 23.2 Å². The van der Waals surface area contributed by atoms with Gasteiger partial charge in [-0.1, -0.05) is 53.5 Å². The molecule has 1 amide bonds. The van der Waals surface area contributed by atoms with Gasteiger partial charge < -0.3 is 15.7 Å². The van der Waals surface area contributed by atoms with Crippen LogP contribution >= 0.6 is 23.2 Å². The third kappa shape index (κ3) is 7.49. The largest absolute Gasteiger partial charge is 0.392 e. The van der Waals surface area contributed by atoms with E-state index in [0.29, 0.717) is 52.4 Å². The first-order chi connectivity index (χ1) is 19.8. The van der Waals surface area contributed by atoms with Crippen LogP contribution in [0, 0.1) is 0 Å². The molecule has 0 bridgehead atoms. The molecule has 10 heteroatoms. The van der Waals surface area contributed by atoms with E-state index in [-0.39, 0.29) is 5.91 Å². The second-order valence-electron chi connectivity index (χ2n) is 9.63. The second-order valence-corrected chi connectivity index (χ2v) is 10.5. The first-order valence-electron chi connectivity index (χ1n) is 13.0. The van der Waals surface area contributed by atoms with E-state index in [1.54, 1.807) is 31.5 Å². The minimum Gasteiger partial charge on any atom is -0.392 e. The molecule has 2 heterocycles. The molecule has 0 aliphatic carbocycles. The molecular weight excluding hydrogens is 559 g/mol. The van der Waals surface area contributed by atoms with Gasteiger partial charge in [0, 0.05) is 42.3 Å². The summed E-state index contributed by atoms with van der Waals surface area (Å²) in [7, 11) is 0. The second kappa shape index (κ2) is 13.0. The number of carbonyl (C=O) groups excluding carboxylic acids is 1. The molecule has 41 heavy (non-hydrogen) atoms. The third-order valence-electron chi connectivity index (χ3n) is 6.30. The maximum Gasteiger partial charge on any atom is 0.257 e. The molecular formula is C31H28Cl2N6O2. The average Bonchev–Trinajstić information content (AvgIpc) is 3.42. The quantitative estimate of drug-likeness (QED) is 0.180. The predicted molar refractivity (Wildman–Crippen MR) is 162 cm³/mol. The molecule has 0 aliphatic heterocycles. The topological polar surface area (TPSA) is 105 Å². The van der Waals surface area contributed by atoms with Crippen molar-refractivity contribution in [3.8, 4) is 5.82 Å². The van der Waals surface area contributed by atoms with Crippen molar-refractivity contribution in [3.05, 3.63) is 130 Å². The number of nitrogens with zero attached hydrogens (tertiary/aromatic N) is 4. The molecule has 3 aromatic carbocycles. The molecule has 8 nitrogen and oxygen atoms in total. The van der Waals surface area contributed by atoms with Crippen LogP contribution in [-0.2, 0) is 12.8 Å². The van der Waals surface area contributed by atoms with Crippen molar-refractivity contribution in [1.82, 2.24) is 19.5 Å². The van der Waals surface area contributed by atoms with Gasteiger partial charge in [0.25, 0.3) is 5.91 Å². The van der Waals surface area contributed by atoms with Crippen LogP contribution in [0.1, 0.15) is 39.8 Å². The van der Waals surface area contributed by atoms with E-state index in [9.17, 15) is 9.90 Å². The summed E-state index contributed by atoms with van der Waals surface area (Å²) in [5.74, 6) is 1.55. The Morgan fingerprint density at radius 1 is 0.927 bits per heavy atom. The summed E-state index contributed by atoms with van der Waals surface area (Å²) < 4.78 is 1.88. The Morgan fingerprint density at radius 2 is 1.71 bits per heavy atom. The third-order valence-corrected chi connectivity index (χ3v) is 6.89. The molecule has 0 radical (unpaired) electrons. The maximum absolute atomic E-state index is 13.2. The van der Waals surface area contributed by atoms with E-state index in [1.807, 2.05) is 71.4 Å². The molecule has 0 unspecified atom stereocenters. The summed E-state index contributed by atoms with van der Waals surface area (Å²) in [4.78, 5) is 26.5. The molecule has 1 atom stereocenters. The van der Waals surface area contributed by atoms with Gasteiger partial charge in [-0.15, -0.1) is 0 Å². The molecule has 5 rings (SSSR count). The molecule has 2 aromatic heterocycles. The number of aromatic nitrogens is 4. The van der Waals surface area contributed by atoms with Crippen molar-refractivity contribution >= 4 is 40.7 Å². The van der Waals surface area contributed by atoms with Crippen LogP contribution in [0.5, 0.6) is 0 Å². The number of hydrogen-bond acceptors (Lipinski definition) is 6. The fourth-order valence-corrected chi connectivity index (χ4v) is 4.64. The maximum atomic E-state index is 13.2. The van der Waals surface area contributed by atoms with Crippen LogP contribution < -0.4 is 10.6 Å². The van der Waals surface area contributed by atoms with Crippen LogP contribution in [0.4, 0.5) is 11.6 Å². The number of rotatable bonds is 10. The van der Waals surface area contributed by atoms with Crippen molar-refractivity contribution in [3.63, 3.8) is 0 Å². The summed E-state index contributed by atoms with van der Waals surface area (Å²) in [5, 5.41) is 16.6. The van der Waals surface area contributed by atoms with Gasteiger partial charge in [0.15, 0.2) is 0 Å². The Bertz CT molecular complexity index is 1650. The van der Waals surface area contributed by atoms with Crippen molar-refractivity contribution in [2.24, 2.45) is 0 Å². The van der Waals surface area contributed by atoms with E-state index < -0.39 is 6.10 Å². The van der Waals surface area contributed by atoms with Crippen molar-refractivity contribution in [2.75, 3.05) is 17.2 Å². The number of benzene rings is 3. The highest BCUT2D eigenvalue weighted by atomic mass is 35.5. The molecule has 3 N–H and O–H groups in total. The van der Waals surface area contributed by atoms with Gasteiger partial charge in [-0.3, -0.25) is 9.36 Å². The van der Waals surface area contributed by atoms with Crippen LogP contribution in [-0.4, -0.2) is 43.2 Å². The highest BCUT2D eigenvalue weighted by molar-refractivity contribution is 6.34. The Labute approximate surface area is 248 Å². The van der Waals surface area contributed by atoms with E-state index in [0.717, 1.165) is 22.5 Å². The molecule has 0 aliphatic rings. The number of aliphatic hydroxyl groups excluding tert-OH is 1. The summed E-state index contributed by atoms with van der Waals surface area (Å²) in [6.45, 7) is 2.03. The SMILES string of the molecule is C[C@H](O)CNc1nccc(-n2ccnc2Cc2cccc(NC(=O)c3cc(Cc4ccc(Cl)cc4)ccc3Cl)c2)n1. The van der Waals surface area contributed by atoms with Gasteiger partial charge in [0.2, 0.25) is 5.95 Å². The monoisotopic (exact) mass is 586 g/mol. The number of halogens is 2. The van der Waals surface area contributed by atoms with E-state index in [1.165, 1.54) is 0 Å². The lowest BCUT2D eigenvalue weighted by Gasteiger charge is -2.12. The zero-order valence-corrected chi connectivity index (χ0v) is 23.8. The smallest absolute Gasteiger partial charge is 0.257 e. The van der Waals surface area contributed by atoms with Crippen LogP contribution in [0.15, 0.2) is 91.4 Å².